The first kappa shape index (κ1) is 18.0. The first-order valence-corrected chi connectivity index (χ1v) is 6.81. The molecule has 1 aromatic rings. The van der Waals surface area contributed by atoms with Crippen LogP contribution < -0.4 is 15.5 Å². The Kier molecular flexibility index (Phi) is 6.36. The van der Waals surface area contributed by atoms with Gasteiger partial charge in [0.1, 0.15) is 0 Å². The topological polar surface area (TPSA) is 62.6 Å². The van der Waals surface area contributed by atoms with Crippen LogP contribution in [0.2, 0.25) is 0 Å². The molecule has 0 radical (unpaired) electrons. The lowest BCUT2D eigenvalue weighted by Gasteiger charge is -2.20. The Morgan fingerprint density at radius 1 is 1.23 bits per heavy atom. The molecule has 0 spiro atoms. The fourth-order valence-electron chi connectivity index (χ4n) is 1.77. The molecule has 1 rings (SSSR count). The quantitative estimate of drug-likeness (QED) is 0.651. The summed E-state index contributed by atoms with van der Waals surface area (Å²) in [5.41, 5.74) is -0.442. The van der Waals surface area contributed by atoms with Crippen LogP contribution in [0.1, 0.15) is 13.8 Å². The highest BCUT2D eigenvalue weighted by Gasteiger charge is 2.24. The number of likely N-dealkylation sites (N-methyl/N-ethyl adjacent to an activating group) is 2. The van der Waals surface area contributed by atoms with Gasteiger partial charge < -0.3 is 15.5 Å². The molecule has 22 heavy (non-hydrogen) atoms. The lowest BCUT2D eigenvalue weighted by atomic mass is 10.2. The molecule has 8 heteroatoms. The average Bonchev–Trinajstić information content (AvgIpc) is 2.47. The summed E-state index contributed by atoms with van der Waals surface area (Å²) in [4.78, 5) is 24.0. The molecule has 0 fully saturated rings. The molecule has 0 aliphatic carbocycles. The number of rotatable bonds is 6. The second kappa shape index (κ2) is 7.79. The number of carbonyl (C=O) groups is 2. The van der Waals surface area contributed by atoms with Gasteiger partial charge in [-0.25, -0.2) is 13.2 Å². The molecule has 2 amide bonds. The van der Waals surface area contributed by atoms with E-state index in [4.69, 9.17) is 0 Å². The van der Waals surface area contributed by atoms with Crippen LogP contribution in [0.4, 0.5) is 18.9 Å². The summed E-state index contributed by atoms with van der Waals surface area (Å²) >= 11 is 0. The number of hydrogen-bond acceptors (Lipinski definition) is 2. The van der Waals surface area contributed by atoms with Gasteiger partial charge in [0.25, 0.3) is 11.8 Å². The fourth-order valence-corrected chi connectivity index (χ4v) is 1.77. The predicted octanol–water partition coefficient (Wildman–Crippen LogP) is 0.0817. The summed E-state index contributed by atoms with van der Waals surface area (Å²) in [6.07, 6.45) is 0. The molecule has 2 atom stereocenters. The summed E-state index contributed by atoms with van der Waals surface area (Å²) in [6, 6.07) is 1.18. The minimum atomic E-state index is -1.64. The number of nitrogens with one attached hydrogen (secondary N) is 3. The van der Waals surface area contributed by atoms with E-state index in [-0.39, 0.29) is 12.5 Å². The van der Waals surface area contributed by atoms with Crippen LogP contribution in [0.25, 0.3) is 0 Å². The SMILES string of the molecule is CCNC(=O)[C@H](C)[NH+](C)CC(=O)Nc1ccc(F)c(F)c1F. The lowest BCUT2D eigenvalue weighted by Crippen LogP contribution is -3.15. The first-order chi connectivity index (χ1) is 10.3. The molecule has 0 saturated heterocycles. The highest BCUT2D eigenvalue weighted by Crippen LogP contribution is 2.19. The number of benzene rings is 1. The Labute approximate surface area is 126 Å². The van der Waals surface area contributed by atoms with Gasteiger partial charge in [0.05, 0.1) is 12.7 Å². The van der Waals surface area contributed by atoms with Gasteiger partial charge in [0.2, 0.25) is 0 Å². The van der Waals surface area contributed by atoms with Crippen LogP contribution in [0.3, 0.4) is 0 Å². The predicted molar refractivity (Wildman–Crippen MR) is 74.8 cm³/mol. The van der Waals surface area contributed by atoms with Crippen molar-refractivity contribution in [3.8, 4) is 0 Å². The molecule has 0 aliphatic rings. The van der Waals surface area contributed by atoms with E-state index in [0.717, 1.165) is 12.1 Å². The molecular formula is C14H19F3N3O2+. The Morgan fingerprint density at radius 3 is 2.45 bits per heavy atom. The number of carbonyl (C=O) groups excluding carboxylic acids is 2. The van der Waals surface area contributed by atoms with Crippen LogP contribution in [0.5, 0.6) is 0 Å². The second-order valence-electron chi connectivity index (χ2n) is 4.91. The average molecular weight is 318 g/mol. The summed E-state index contributed by atoms with van der Waals surface area (Å²) in [7, 11) is 1.63. The maximum atomic E-state index is 13.4. The number of hydrogen-bond donors (Lipinski definition) is 3. The highest BCUT2D eigenvalue weighted by atomic mass is 19.2. The van der Waals surface area contributed by atoms with Gasteiger partial charge in [-0.3, -0.25) is 9.59 Å². The minimum absolute atomic E-state index is 0.128. The Bertz CT molecular complexity index is 567. The van der Waals surface area contributed by atoms with Crippen molar-refractivity contribution in [3.63, 3.8) is 0 Å². The van der Waals surface area contributed by atoms with Crippen molar-refractivity contribution in [2.75, 3.05) is 25.5 Å². The van der Waals surface area contributed by atoms with E-state index in [1.54, 1.807) is 20.9 Å². The molecule has 0 saturated carbocycles. The Balaban J connectivity index is 2.67. The molecule has 0 bridgehead atoms. The van der Waals surface area contributed by atoms with Crippen molar-refractivity contribution in [2.45, 2.75) is 19.9 Å². The fraction of sp³-hybridized carbons (Fsp3) is 0.429. The van der Waals surface area contributed by atoms with Crippen LogP contribution >= 0.6 is 0 Å². The third kappa shape index (κ3) is 4.45. The van der Waals surface area contributed by atoms with Crippen molar-refractivity contribution < 1.29 is 27.7 Å². The zero-order valence-electron chi connectivity index (χ0n) is 12.6. The molecular weight excluding hydrogens is 299 g/mol. The van der Waals surface area contributed by atoms with Crippen LogP contribution in [0.15, 0.2) is 12.1 Å². The third-order valence-electron chi connectivity index (χ3n) is 3.23. The molecule has 0 aromatic heterocycles. The lowest BCUT2D eigenvalue weighted by molar-refractivity contribution is -0.885. The second-order valence-corrected chi connectivity index (χ2v) is 4.91. The van der Waals surface area contributed by atoms with Gasteiger partial charge in [-0.2, -0.15) is 0 Å². The monoisotopic (exact) mass is 318 g/mol. The maximum absolute atomic E-state index is 13.4. The molecule has 0 heterocycles. The van der Waals surface area contributed by atoms with Crippen molar-refractivity contribution in [2.24, 2.45) is 0 Å². The zero-order chi connectivity index (χ0) is 16.9. The van der Waals surface area contributed by atoms with Gasteiger partial charge >= 0.3 is 0 Å². The molecule has 1 unspecified atom stereocenters. The molecule has 1 aromatic carbocycles. The minimum Gasteiger partial charge on any atom is -0.351 e. The van der Waals surface area contributed by atoms with E-state index in [2.05, 4.69) is 10.6 Å². The first-order valence-electron chi connectivity index (χ1n) is 6.81. The van der Waals surface area contributed by atoms with Gasteiger partial charge in [-0.05, 0) is 26.0 Å². The van der Waals surface area contributed by atoms with Gasteiger partial charge in [0.15, 0.2) is 30.0 Å². The van der Waals surface area contributed by atoms with Crippen molar-refractivity contribution in [1.82, 2.24) is 5.32 Å². The largest absolute Gasteiger partial charge is 0.351 e. The highest BCUT2D eigenvalue weighted by molar-refractivity contribution is 5.91. The normalized spacial score (nSPS) is 13.4. The maximum Gasteiger partial charge on any atom is 0.279 e. The molecule has 0 aliphatic heterocycles. The van der Waals surface area contributed by atoms with Crippen LogP contribution in [-0.4, -0.2) is 38.0 Å². The van der Waals surface area contributed by atoms with E-state index in [1.807, 2.05) is 0 Å². The van der Waals surface area contributed by atoms with Crippen molar-refractivity contribution in [1.29, 1.82) is 0 Å². The Morgan fingerprint density at radius 2 is 1.86 bits per heavy atom. The molecule has 3 N–H and O–H groups in total. The van der Waals surface area contributed by atoms with Gasteiger partial charge in [-0.15, -0.1) is 0 Å². The van der Waals surface area contributed by atoms with Gasteiger partial charge in [-0.1, -0.05) is 0 Å². The van der Waals surface area contributed by atoms with Crippen molar-refractivity contribution in [3.05, 3.63) is 29.6 Å². The van der Waals surface area contributed by atoms with E-state index in [9.17, 15) is 22.8 Å². The van der Waals surface area contributed by atoms with Crippen LogP contribution in [-0.2, 0) is 9.59 Å². The molecule has 122 valence electrons. The summed E-state index contributed by atoms with van der Waals surface area (Å²) in [5, 5.41) is 4.79. The summed E-state index contributed by atoms with van der Waals surface area (Å²) < 4.78 is 39.3. The standard InChI is InChI=1S/C14H18F3N3O2/c1-4-18-14(22)8(2)20(3)7-11(21)19-10-6-5-9(15)12(16)13(10)17/h5-6,8H,4,7H2,1-3H3,(H,18,22)(H,19,21)/p+1/t8-/m0/s1. The number of amides is 2. The third-order valence-corrected chi connectivity index (χ3v) is 3.23. The number of quaternary nitrogens is 1. The van der Waals surface area contributed by atoms with E-state index in [1.165, 1.54) is 0 Å². The number of halogens is 3. The van der Waals surface area contributed by atoms with Gasteiger partial charge in [0, 0.05) is 6.54 Å². The number of anilines is 1. The van der Waals surface area contributed by atoms with E-state index >= 15 is 0 Å². The van der Waals surface area contributed by atoms with Crippen LogP contribution in [0, 0.1) is 17.5 Å². The smallest absolute Gasteiger partial charge is 0.279 e. The molecule has 5 nitrogen and oxygen atoms in total. The summed E-state index contributed by atoms with van der Waals surface area (Å²) in [6.45, 7) is 3.77. The van der Waals surface area contributed by atoms with E-state index < -0.39 is 35.1 Å². The van der Waals surface area contributed by atoms with E-state index in [0.29, 0.717) is 11.4 Å². The summed E-state index contributed by atoms with van der Waals surface area (Å²) in [5.74, 6) is -5.26. The zero-order valence-corrected chi connectivity index (χ0v) is 12.6. The Hall–Kier alpha value is -2.09. The van der Waals surface area contributed by atoms with Crippen molar-refractivity contribution >= 4 is 17.5 Å².